The number of carbonyl (C=O) groups excluding carboxylic acids is 2. The summed E-state index contributed by atoms with van der Waals surface area (Å²) in [6, 6.07) is 23.0. The van der Waals surface area contributed by atoms with Crippen LogP contribution in [-0.4, -0.2) is 110 Å². The highest BCUT2D eigenvalue weighted by atomic mass is 19.1. The number of halogens is 2. The monoisotopic (exact) mass is 900 g/mol. The second-order valence-corrected chi connectivity index (χ2v) is 19.9. The van der Waals surface area contributed by atoms with Gasteiger partial charge in [-0.25, -0.2) is 13.8 Å². The summed E-state index contributed by atoms with van der Waals surface area (Å²) in [6.45, 7) is 13.1. The summed E-state index contributed by atoms with van der Waals surface area (Å²) in [5, 5.41) is 15.3. The summed E-state index contributed by atoms with van der Waals surface area (Å²) in [5.74, 6) is 0.138. The van der Waals surface area contributed by atoms with Crippen molar-refractivity contribution in [1.29, 1.82) is 0 Å². The van der Waals surface area contributed by atoms with Gasteiger partial charge in [0.1, 0.15) is 23.7 Å². The molecular weight excluding hydrogens is 833 g/mol. The van der Waals surface area contributed by atoms with Crippen LogP contribution >= 0.6 is 0 Å². The summed E-state index contributed by atoms with van der Waals surface area (Å²) >= 11 is 0. The molecule has 6 aliphatic rings. The molecule has 0 aromatic heterocycles. The van der Waals surface area contributed by atoms with Crippen molar-refractivity contribution in [1.82, 2.24) is 20.2 Å². The van der Waals surface area contributed by atoms with Gasteiger partial charge in [-0.1, -0.05) is 56.0 Å². The second kappa shape index (κ2) is 19.6. The van der Waals surface area contributed by atoms with Crippen molar-refractivity contribution in [3.8, 4) is 0 Å². The molecule has 1 saturated carbocycles. The van der Waals surface area contributed by atoms with Gasteiger partial charge in [0, 0.05) is 129 Å². The van der Waals surface area contributed by atoms with Crippen LogP contribution in [0.1, 0.15) is 85.1 Å². The molecular formula is C53H67F2N9O2. The third-order valence-corrected chi connectivity index (χ3v) is 15.7. The largest absolute Gasteiger partial charge is 0.373 e. The standard InChI is InChI=1S/C53H67F2N9O2/c1-34-15-17-45(54)42-31-47(58-49(34)42)52(65)56-38-12-7-11-37(29-38)44-33-64(60-51(44)36-9-5-3-4-6-10-36)28-25-61-23-26-63(27-24-61)40-19-21-62(22-20-40)41-14-8-13-39(30-41)57-53(66)48-32-43-46(55)18-16-35(2)50(43)59-48/h7-8,11-18,29-30,36,40,44,47-48,51,58-60H,3-6,9-10,19-28,31-33H2,1-2H3,(H,56,65)(H,57,66). The molecule has 4 unspecified atom stereocenters. The maximum atomic E-state index is 14.6. The lowest BCUT2D eigenvalue weighted by molar-refractivity contribution is -0.117. The summed E-state index contributed by atoms with van der Waals surface area (Å²) < 4.78 is 29.1. The molecule has 11 nitrogen and oxygen atoms in total. The number of piperazine rings is 1. The zero-order chi connectivity index (χ0) is 45.3. The molecule has 2 amide bonds. The number of hydrogen-bond donors (Lipinski definition) is 5. The van der Waals surface area contributed by atoms with Crippen LogP contribution < -0.4 is 31.6 Å². The van der Waals surface area contributed by atoms with Gasteiger partial charge >= 0.3 is 0 Å². The van der Waals surface area contributed by atoms with E-state index in [4.69, 9.17) is 0 Å². The van der Waals surface area contributed by atoms with Crippen LogP contribution in [0, 0.1) is 31.4 Å². The van der Waals surface area contributed by atoms with E-state index in [-0.39, 0.29) is 23.4 Å². The number of anilines is 5. The molecule has 1 aliphatic carbocycles. The molecule has 5 aliphatic heterocycles. The Bertz CT molecular complexity index is 2330. The Morgan fingerprint density at radius 1 is 0.667 bits per heavy atom. The van der Waals surface area contributed by atoms with Crippen LogP contribution in [0.3, 0.4) is 0 Å². The quantitative estimate of drug-likeness (QED) is 0.0957. The fraction of sp³-hybridized carbons (Fsp3) is 0.509. The molecule has 3 saturated heterocycles. The zero-order valence-electron chi connectivity index (χ0n) is 38.7. The maximum absolute atomic E-state index is 14.6. The third kappa shape index (κ3) is 9.68. The normalized spacial score (nSPS) is 24.3. The van der Waals surface area contributed by atoms with E-state index in [1.807, 2.05) is 32.0 Å². The van der Waals surface area contributed by atoms with Crippen molar-refractivity contribution >= 4 is 40.3 Å². The lowest BCUT2D eigenvalue weighted by Crippen LogP contribution is -2.54. The Kier molecular flexibility index (Phi) is 13.3. The fourth-order valence-electron chi connectivity index (χ4n) is 11.9. The minimum atomic E-state index is -0.506. The van der Waals surface area contributed by atoms with Crippen molar-refractivity contribution in [3.05, 3.63) is 112 Å². The number of nitrogens with one attached hydrogen (secondary N) is 5. The summed E-state index contributed by atoms with van der Waals surface area (Å²) in [6.07, 6.45) is 10.6. The number of amides is 2. The van der Waals surface area contributed by atoms with Gasteiger partial charge in [-0.2, -0.15) is 0 Å². The number of rotatable bonds is 11. The third-order valence-electron chi connectivity index (χ3n) is 15.7. The highest BCUT2D eigenvalue weighted by Crippen LogP contribution is 2.38. The van der Waals surface area contributed by atoms with E-state index in [0.29, 0.717) is 47.9 Å². The van der Waals surface area contributed by atoms with Gasteiger partial charge in [-0.05, 0) is 105 Å². The Morgan fingerprint density at radius 2 is 1.26 bits per heavy atom. The van der Waals surface area contributed by atoms with Crippen LogP contribution in [-0.2, 0) is 22.4 Å². The summed E-state index contributed by atoms with van der Waals surface area (Å²) in [7, 11) is 0. The maximum Gasteiger partial charge on any atom is 0.247 e. The molecule has 13 heteroatoms. The van der Waals surface area contributed by atoms with E-state index in [2.05, 4.69) is 76.7 Å². The van der Waals surface area contributed by atoms with E-state index < -0.39 is 12.1 Å². The van der Waals surface area contributed by atoms with E-state index in [1.165, 1.54) is 56.2 Å². The van der Waals surface area contributed by atoms with Crippen molar-refractivity contribution in [2.75, 3.05) is 85.1 Å². The van der Waals surface area contributed by atoms with Gasteiger partial charge in [-0.3, -0.25) is 24.8 Å². The van der Waals surface area contributed by atoms with E-state index in [9.17, 15) is 18.4 Å². The predicted octanol–water partition coefficient (Wildman–Crippen LogP) is 8.06. The Balaban J connectivity index is 0.694. The fourth-order valence-corrected chi connectivity index (χ4v) is 11.9. The topological polar surface area (TPSA) is 107 Å². The number of aryl methyl sites for hydroxylation is 2. The number of fused-ring (bicyclic) bond motifs is 2. The van der Waals surface area contributed by atoms with Gasteiger partial charge < -0.3 is 26.2 Å². The van der Waals surface area contributed by atoms with E-state index in [1.54, 1.807) is 12.1 Å². The number of carbonyl (C=O) groups is 2. The first-order valence-corrected chi connectivity index (χ1v) is 24.8. The minimum Gasteiger partial charge on any atom is -0.373 e. The number of benzene rings is 4. The predicted molar refractivity (Wildman–Crippen MR) is 260 cm³/mol. The molecule has 4 aromatic carbocycles. The second-order valence-electron chi connectivity index (χ2n) is 19.9. The Morgan fingerprint density at radius 3 is 1.86 bits per heavy atom. The minimum absolute atomic E-state index is 0.135. The highest BCUT2D eigenvalue weighted by Gasteiger charge is 2.39. The average Bonchev–Trinajstić information content (AvgIpc) is 4.06. The Labute approximate surface area is 389 Å². The van der Waals surface area contributed by atoms with Crippen LogP contribution in [0.4, 0.5) is 37.2 Å². The highest BCUT2D eigenvalue weighted by molar-refractivity contribution is 5.99. The van der Waals surface area contributed by atoms with Crippen molar-refractivity contribution in [2.45, 2.75) is 108 Å². The zero-order valence-corrected chi connectivity index (χ0v) is 38.7. The smallest absolute Gasteiger partial charge is 0.247 e. The van der Waals surface area contributed by atoms with Crippen LogP contribution in [0.15, 0.2) is 72.8 Å². The van der Waals surface area contributed by atoms with Gasteiger partial charge in [0.15, 0.2) is 0 Å². The number of hydrogen-bond acceptors (Lipinski definition) is 9. The van der Waals surface area contributed by atoms with E-state index >= 15 is 0 Å². The average molecular weight is 900 g/mol. The number of nitrogens with zero attached hydrogens (tertiary/aromatic N) is 4. The van der Waals surface area contributed by atoms with Crippen molar-refractivity contribution in [3.63, 3.8) is 0 Å². The lowest BCUT2D eigenvalue weighted by Gasteiger charge is -2.43. The first kappa shape index (κ1) is 44.7. The molecule has 10 rings (SSSR count). The molecule has 4 fully saturated rings. The van der Waals surface area contributed by atoms with Crippen LogP contribution in [0.25, 0.3) is 0 Å². The Hall–Kier alpha value is -5.08. The van der Waals surface area contributed by atoms with E-state index in [0.717, 1.165) is 111 Å². The molecule has 0 radical (unpaired) electrons. The molecule has 4 aromatic rings. The number of hydrazine groups is 1. The van der Waals surface area contributed by atoms with Gasteiger partial charge in [-0.15, -0.1) is 0 Å². The summed E-state index contributed by atoms with van der Waals surface area (Å²) in [4.78, 5) is 34.6. The van der Waals surface area contributed by atoms with Gasteiger partial charge in [0.05, 0.1) is 0 Å². The lowest BCUT2D eigenvalue weighted by atomic mass is 9.81. The van der Waals surface area contributed by atoms with Crippen LogP contribution in [0.5, 0.6) is 0 Å². The van der Waals surface area contributed by atoms with Crippen molar-refractivity contribution < 1.29 is 18.4 Å². The molecule has 4 atom stereocenters. The number of piperidine rings is 1. The molecule has 5 heterocycles. The molecule has 5 N–H and O–H groups in total. The van der Waals surface area contributed by atoms with Crippen molar-refractivity contribution in [2.24, 2.45) is 5.92 Å². The first-order chi connectivity index (χ1) is 32.1. The first-order valence-electron chi connectivity index (χ1n) is 24.8. The SMILES string of the molecule is Cc1ccc(F)c2c1NC(C(=O)Nc1cccc(C3CN(CCN4CCN(C5CCN(c6cccc(NC(=O)C7Cc8c(F)ccc(C)c8N7)c6)CC5)CC4)NC3C3CCCCCC3)c1)C2. The molecule has 350 valence electrons. The summed E-state index contributed by atoms with van der Waals surface area (Å²) in [5.41, 5.74) is 12.5. The van der Waals surface area contributed by atoms with Crippen LogP contribution in [0.2, 0.25) is 0 Å². The van der Waals surface area contributed by atoms with Gasteiger partial charge in [0.2, 0.25) is 11.8 Å². The molecule has 0 spiro atoms. The molecule has 0 bridgehead atoms. The van der Waals surface area contributed by atoms with Gasteiger partial charge in [0.25, 0.3) is 0 Å². The molecule has 66 heavy (non-hydrogen) atoms.